The lowest BCUT2D eigenvalue weighted by Crippen LogP contribution is -2.33. The molecular weight excluding hydrogens is 339 g/mol. The zero-order chi connectivity index (χ0) is 17.8. The summed E-state index contributed by atoms with van der Waals surface area (Å²) in [6.45, 7) is 0. The highest BCUT2D eigenvalue weighted by atomic mass is 31.2. The Kier molecular flexibility index (Phi) is 4.59. The van der Waals surface area contributed by atoms with Crippen LogP contribution in [-0.4, -0.2) is 20.2 Å². The highest BCUT2D eigenvalue weighted by Crippen LogP contribution is 2.57. The number of rotatable bonds is 5. The van der Waals surface area contributed by atoms with E-state index in [-0.39, 0.29) is 0 Å². The zero-order valence-corrected chi connectivity index (χ0v) is 15.5. The van der Waals surface area contributed by atoms with Crippen molar-refractivity contribution in [1.82, 2.24) is 20.2 Å². The predicted molar refractivity (Wildman–Crippen MR) is 108 cm³/mol. The number of aryl methyl sites for hydroxylation is 1. The number of hydrogen-bond acceptors (Lipinski definition) is 3. The molecule has 128 valence electrons. The zero-order valence-electron chi connectivity index (χ0n) is 14.6. The van der Waals surface area contributed by atoms with E-state index in [1.54, 1.807) is 4.68 Å². The molecule has 0 saturated heterocycles. The maximum absolute atomic E-state index is 4.31. The molecule has 0 aliphatic rings. The first-order valence-electron chi connectivity index (χ1n) is 8.57. The first-order chi connectivity index (χ1) is 12.8. The average Bonchev–Trinajstić information content (AvgIpc) is 3.12. The van der Waals surface area contributed by atoms with Gasteiger partial charge in [0.15, 0.2) is 5.82 Å². The summed E-state index contributed by atoms with van der Waals surface area (Å²) in [5.74, 6) is 0.898. The number of nitrogens with zero attached hydrogens (tertiary/aromatic N) is 4. The van der Waals surface area contributed by atoms with Crippen LogP contribution in [0.25, 0.3) is 0 Å². The van der Waals surface area contributed by atoms with Crippen LogP contribution < -0.4 is 15.9 Å². The van der Waals surface area contributed by atoms with E-state index < -0.39 is 7.26 Å². The molecule has 4 rings (SSSR count). The highest BCUT2D eigenvalue weighted by molar-refractivity contribution is 7.95. The van der Waals surface area contributed by atoms with Crippen molar-refractivity contribution in [2.24, 2.45) is 7.05 Å². The van der Waals surface area contributed by atoms with Crippen molar-refractivity contribution in [3.05, 3.63) is 96.8 Å². The number of benzene rings is 3. The third-order valence-electron chi connectivity index (χ3n) is 4.68. The van der Waals surface area contributed by atoms with E-state index in [4.69, 9.17) is 0 Å². The van der Waals surface area contributed by atoms with E-state index in [1.807, 2.05) is 7.05 Å². The first kappa shape index (κ1) is 16.6. The first-order valence-corrected chi connectivity index (χ1v) is 10.5. The minimum Gasteiger partial charge on any atom is -0.229 e. The number of hydrogen-bond donors (Lipinski definition) is 0. The standard InChI is InChI=1S/C21H20N4P/c1-25-21(22-23-24-25)17-26(18-11-5-2-6-12-18,19-13-7-3-8-14-19)20-15-9-4-10-16-20/h2-16H,17H2,1H3/q+1. The van der Waals surface area contributed by atoms with Crippen LogP contribution in [0.1, 0.15) is 5.82 Å². The molecule has 0 radical (unpaired) electrons. The van der Waals surface area contributed by atoms with Gasteiger partial charge in [-0.05, 0) is 46.8 Å². The van der Waals surface area contributed by atoms with Crippen LogP contribution in [0.3, 0.4) is 0 Å². The molecule has 4 nitrogen and oxygen atoms in total. The van der Waals surface area contributed by atoms with Gasteiger partial charge in [0.05, 0.1) is 0 Å². The van der Waals surface area contributed by atoms with Crippen LogP contribution >= 0.6 is 7.26 Å². The van der Waals surface area contributed by atoms with E-state index in [0.717, 1.165) is 12.0 Å². The fourth-order valence-corrected chi connectivity index (χ4v) is 7.54. The molecule has 0 amide bonds. The predicted octanol–water partition coefficient (Wildman–Crippen LogP) is 2.70. The lowest BCUT2D eigenvalue weighted by atomic mass is 10.4. The topological polar surface area (TPSA) is 43.6 Å². The third-order valence-corrected chi connectivity index (χ3v) is 8.97. The van der Waals surface area contributed by atoms with E-state index in [1.165, 1.54) is 15.9 Å². The molecule has 1 heterocycles. The van der Waals surface area contributed by atoms with Gasteiger partial charge in [-0.1, -0.05) is 54.6 Å². The molecule has 0 saturated carbocycles. The van der Waals surface area contributed by atoms with Crippen molar-refractivity contribution in [3.63, 3.8) is 0 Å². The lowest BCUT2D eigenvalue weighted by Gasteiger charge is -2.26. The van der Waals surface area contributed by atoms with Gasteiger partial charge in [-0.2, -0.15) is 0 Å². The summed E-state index contributed by atoms with van der Waals surface area (Å²) in [5, 5.41) is 16.2. The summed E-state index contributed by atoms with van der Waals surface area (Å²) >= 11 is 0. The van der Waals surface area contributed by atoms with Gasteiger partial charge in [-0.15, -0.1) is 5.10 Å². The molecule has 4 aromatic rings. The lowest BCUT2D eigenvalue weighted by molar-refractivity contribution is 0.692. The minimum absolute atomic E-state index is 0.786. The molecular formula is C21H20N4P+. The summed E-state index contributed by atoms with van der Waals surface area (Å²) in [6.07, 6.45) is 0.786. The largest absolute Gasteiger partial charge is 0.229 e. The molecule has 0 unspecified atom stereocenters. The maximum atomic E-state index is 4.31. The van der Waals surface area contributed by atoms with E-state index in [0.29, 0.717) is 0 Å². The Morgan fingerprint density at radius 2 is 1.12 bits per heavy atom. The van der Waals surface area contributed by atoms with Crippen molar-refractivity contribution in [2.45, 2.75) is 6.16 Å². The SMILES string of the molecule is Cn1nnnc1C[P+](c1ccccc1)(c1ccccc1)c1ccccc1. The second-order valence-electron chi connectivity index (χ2n) is 6.19. The normalized spacial score (nSPS) is 11.4. The van der Waals surface area contributed by atoms with Crippen molar-refractivity contribution >= 4 is 23.2 Å². The number of aromatic nitrogens is 4. The molecule has 1 aromatic heterocycles. The van der Waals surface area contributed by atoms with Gasteiger partial charge in [0, 0.05) is 7.05 Å². The minimum atomic E-state index is -1.93. The molecule has 0 aliphatic carbocycles. The fraction of sp³-hybridized carbons (Fsp3) is 0.0952. The van der Waals surface area contributed by atoms with Crippen LogP contribution in [-0.2, 0) is 13.2 Å². The quantitative estimate of drug-likeness (QED) is 0.515. The Labute approximate surface area is 153 Å². The van der Waals surface area contributed by atoms with Crippen LogP contribution in [0.5, 0.6) is 0 Å². The summed E-state index contributed by atoms with van der Waals surface area (Å²) < 4.78 is 1.78. The second kappa shape index (κ2) is 7.19. The average molecular weight is 359 g/mol. The summed E-state index contributed by atoms with van der Waals surface area (Å²) in [5.41, 5.74) is 0. The van der Waals surface area contributed by atoms with Gasteiger partial charge in [-0.3, -0.25) is 0 Å². The Balaban J connectivity index is 2.02. The third kappa shape index (κ3) is 2.93. The molecule has 0 atom stereocenters. The second-order valence-corrected chi connectivity index (χ2v) is 9.68. The molecule has 0 fully saturated rings. The maximum Gasteiger partial charge on any atom is 0.189 e. The summed E-state index contributed by atoms with van der Waals surface area (Å²) in [4.78, 5) is 0. The van der Waals surface area contributed by atoms with Crippen LogP contribution in [0.2, 0.25) is 0 Å². The molecule has 0 spiro atoms. The number of tetrazole rings is 1. The van der Waals surface area contributed by atoms with Gasteiger partial charge < -0.3 is 0 Å². The molecule has 0 aliphatic heterocycles. The summed E-state index contributed by atoms with van der Waals surface area (Å²) in [6, 6.07) is 32.3. The monoisotopic (exact) mass is 359 g/mol. The van der Waals surface area contributed by atoms with Gasteiger partial charge in [0.25, 0.3) is 0 Å². The van der Waals surface area contributed by atoms with Gasteiger partial charge in [0.1, 0.15) is 29.3 Å². The smallest absolute Gasteiger partial charge is 0.189 e. The van der Waals surface area contributed by atoms with Crippen molar-refractivity contribution in [1.29, 1.82) is 0 Å². The van der Waals surface area contributed by atoms with Crippen molar-refractivity contribution in [3.8, 4) is 0 Å². The molecule has 26 heavy (non-hydrogen) atoms. The van der Waals surface area contributed by atoms with Gasteiger partial charge in [-0.25, -0.2) is 4.68 Å². The molecule has 3 aromatic carbocycles. The van der Waals surface area contributed by atoms with E-state index in [9.17, 15) is 0 Å². The fourth-order valence-electron chi connectivity index (χ4n) is 3.36. The molecule has 0 bridgehead atoms. The van der Waals surface area contributed by atoms with Crippen LogP contribution in [0, 0.1) is 0 Å². The highest BCUT2D eigenvalue weighted by Gasteiger charge is 2.46. The van der Waals surface area contributed by atoms with E-state index >= 15 is 0 Å². The van der Waals surface area contributed by atoms with E-state index in [2.05, 4.69) is 107 Å². The Morgan fingerprint density at radius 3 is 1.46 bits per heavy atom. The summed E-state index contributed by atoms with van der Waals surface area (Å²) in [7, 11) is -0.0245. The Bertz CT molecular complexity index is 872. The molecule has 5 heteroatoms. The van der Waals surface area contributed by atoms with Gasteiger partial charge >= 0.3 is 0 Å². The van der Waals surface area contributed by atoms with Crippen LogP contribution in [0.15, 0.2) is 91.0 Å². The van der Waals surface area contributed by atoms with Crippen LogP contribution in [0.4, 0.5) is 0 Å². The Morgan fingerprint density at radius 1 is 0.692 bits per heavy atom. The molecule has 0 N–H and O–H groups in total. The van der Waals surface area contributed by atoms with Crippen molar-refractivity contribution < 1.29 is 0 Å². The van der Waals surface area contributed by atoms with Crippen molar-refractivity contribution in [2.75, 3.05) is 0 Å². The Hall–Kier alpha value is -2.84. The van der Waals surface area contributed by atoms with Gasteiger partial charge in [0.2, 0.25) is 0 Å².